The molecule has 0 aromatic carbocycles. The van der Waals surface area contributed by atoms with Crippen LogP contribution in [0.25, 0.3) is 0 Å². The van der Waals surface area contributed by atoms with Crippen LogP contribution in [-0.4, -0.2) is 5.54 Å². The summed E-state index contributed by atoms with van der Waals surface area (Å²) in [5.41, 5.74) is 8.22. The highest BCUT2D eigenvalue weighted by atomic mass is 32.1. The van der Waals surface area contributed by atoms with Crippen LogP contribution in [0, 0.1) is 11.8 Å². The topological polar surface area (TPSA) is 26.0 Å². The van der Waals surface area contributed by atoms with Crippen LogP contribution in [0.5, 0.6) is 0 Å². The zero-order valence-corrected chi connectivity index (χ0v) is 12.6. The molecule has 2 rings (SSSR count). The summed E-state index contributed by atoms with van der Waals surface area (Å²) in [4.78, 5) is 0. The van der Waals surface area contributed by atoms with Crippen molar-refractivity contribution in [1.82, 2.24) is 0 Å². The van der Waals surface area contributed by atoms with Gasteiger partial charge in [0.2, 0.25) is 0 Å². The zero-order valence-electron chi connectivity index (χ0n) is 11.8. The Kier molecular flexibility index (Phi) is 4.85. The number of aryl methyl sites for hydroxylation is 1. The minimum atomic E-state index is 0.111. The van der Waals surface area contributed by atoms with Crippen LogP contribution in [0.4, 0.5) is 0 Å². The molecule has 0 radical (unpaired) electrons. The van der Waals surface area contributed by atoms with Crippen LogP contribution in [-0.2, 0) is 6.42 Å². The fraction of sp³-hybridized carbons (Fsp3) is 0.750. The molecule has 0 bridgehead atoms. The van der Waals surface area contributed by atoms with E-state index < -0.39 is 0 Å². The Morgan fingerprint density at radius 1 is 1.50 bits per heavy atom. The zero-order chi connectivity index (χ0) is 13.0. The van der Waals surface area contributed by atoms with Gasteiger partial charge in [-0.1, -0.05) is 26.7 Å². The largest absolute Gasteiger partial charge is 0.325 e. The van der Waals surface area contributed by atoms with Crippen molar-refractivity contribution < 1.29 is 0 Å². The number of hydrogen-bond acceptors (Lipinski definition) is 2. The molecule has 2 atom stereocenters. The predicted octanol–water partition coefficient (Wildman–Crippen LogP) is 4.61. The van der Waals surface area contributed by atoms with Crippen LogP contribution in [0.2, 0.25) is 0 Å². The lowest BCUT2D eigenvalue weighted by Crippen LogP contribution is -2.44. The Labute approximate surface area is 116 Å². The molecule has 0 spiro atoms. The van der Waals surface area contributed by atoms with Crippen molar-refractivity contribution in [1.29, 1.82) is 0 Å². The molecule has 0 saturated heterocycles. The van der Waals surface area contributed by atoms with Gasteiger partial charge in [0.1, 0.15) is 0 Å². The van der Waals surface area contributed by atoms with Crippen LogP contribution in [0.1, 0.15) is 57.9 Å². The summed E-state index contributed by atoms with van der Waals surface area (Å²) in [6.45, 7) is 4.66. The van der Waals surface area contributed by atoms with Crippen molar-refractivity contribution in [2.24, 2.45) is 17.6 Å². The van der Waals surface area contributed by atoms with E-state index in [9.17, 15) is 0 Å². The molecule has 0 amide bonds. The highest BCUT2D eigenvalue weighted by Crippen LogP contribution is 2.36. The Bertz CT molecular complexity index is 344. The molecule has 102 valence electrons. The predicted molar refractivity (Wildman–Crippen MR) is 81.0 cm³/mol. The molecule has 1 fully saturated rings. The molecule has 1 aromatic heterocycles. The van der Waals surface area contributed by atoms with Gasteiger partial charge in [0.05, 0.1) is 0 Å². The lowest BCUT2D eigenvalue weighted by atomic mass is 9.71. The Morgan fingerprint density at radius 3 is 3.00 bits per heavy atom. The van der Waals surface area contributed by atoms with Gasteiger partial charge in [0, 0.05) is 5.54 Å². The number of hydrogen-bond donors (Lipinski definition) is 1. The van der Waals surface area contributed by atoms with Gasteiger partial charge in [-0.15, -0.1) is 0 Å². The van der Waals surface area contributed by atoms with Gasteiger partial charge in [-0.25, -0.2) is 0 Å². The molecule has 0 aliphatic heterocycles. The molecular weight excluding hydrogens is 238 g/mol. The molecule has 1 aromatic rings. The monoisotopic (exact) mass is 265 g/mol. The first-order chi connectivity index (χ1) is 8.57. The summed E-state index contributed by atoms with van der Waals surface area (Å²) in [6.07, 6.45) is 8.89. The first-order valence-corrected chi connectivity index (χ1v) is 8.32. The van der Waals surface area contributed by atoms with Crippen molar-refractivity contribution >= 4 is 11.3 Å². The van der Waals surface area contributed by atoms with Crippen LogP contribution < -0.4 is 5.73 Å². The third-order valence-electron chi connectivity index (χ3n) is 4.28. The van der Waals surface area contributed by atoms with E-state index in [0.29, 0.717) is 0 Å². The molecule has 1 aliphatic rings. The van der Waals surface area contributed by atoms with E-state index in [1.807, 2.05) is 0 Å². The fourth-order valence-corrected chi connectivity index (χ4v) is 4.15. The normalized spacial score (nSPS) is 28.8. The van der Waals surface area contributed by atoms with Gasteiger partial charge in [-0.2, -0.15) is 11.3 Å². The van der Waals surface area contributed by atoms with Gasteiger partial charge in [0.25, 0.3) is 0 Å². The Morgan fingerprint density at radius 2 is 2.33 bits per heavy atom. The smallest absolute Gasteiger partial charge is 0.0160 e. The molecule has 2 N–H and O–H groups in total. The first kappa shape index (κ1) is 14.1. The fourth-order valence-electron chi connectivity index (χ4n) is 3.44. The second-order valence-electron chi connectivity index (χ2n) is 6.59. The average Bonchev–Trinajstić information content (AvgIpc) is 2.78. The highest BCUT2D eigenvalue weighted by molar-refractivity contribution is 7.07. The summed E-state index contributed by atoms with van der Waals surface area (Å²) < 4.78 is 0. The van der Waals surface area contributed by atoms with E-state index in [2.05, 4.69) is 30.7 Å². The maximum absolute atomic E-state index is 6.65. The minimum Gasteiger partial charge on any atom is -0.325 e. The van der Waals surface area contributed by atoms with Crippen LogP contribution in [0.15, 0.2) is 16.8 Å². The van der Waals surface area contributed by atoms with E-state index in [1.165, 1.54) is 44.1 Å². The van der Waals surface area contributed by atoms with E-state index in [-0.39, 0.29) is 5.54 Å². The number of nitrogens with two attached hydrogens (primary N) is 1. The van der Waals surface area contributed by atoms with E-state index >= 15 is 0 Å². The number of thiophene rings is 1. The lowest BCUT2D eigenvalue weighted by molar-refractivity contribution is 0.192. The van der Waals surface area contributed by atoms with Crippen molar-refractivity contribution in [3.63, 3.8) is 0 Å². The Hall–Kier alpha value is -0.340. The van der Waals surface area contributed by atoms with Crippen molar-refractivity contribution in [2.45, 2.75) is 64.3 Å². The molecule has 1 saturated carbocycles. The van der Waals surface area contributed by atoms with E-state index in [4.69, 9.17) is 5.73 Å². The molecular formula is C16H27NS. The second kappa shape index (κ2) is 6.21. The van der Waals surface area contributed by atoms with Crippen molar-refractivity contribution in [3.8, 4) is 0 Å². The van der Waals surface area contributed by atoms with Gasteiger partial charge in [-0.05, 0) is 66.3 Å². The van der Waals surface area contributed by atoms with Crippen molar-refractivity contribution in [2.75, 3.05) is 0 Å². The molecule has 18 heavy (non-hydrogen) atoms. The minimum absolute atomic E-state index is 0.111. The SMILES string of the molecule is CC(C)CC1CCCC(N)(CCc2ccsc2)C1. The molecule has 2 heteroatoms. The van der Waals surface area contributed by atoms with Crippen LogP contribution in [0.3, 0.4) is 0 Å². The summed E-state index contributed by atoms with van der Waals surface area (Å²) in [7, 11) is 0. The third kappa shape index (κ3) is 4.10. The molecule has 1 aliphatic carbocycles. The van der Waals surface area contributed by atoms with Gasteiger partial charge >= 0.3 is 0 Å². The third-order valence-corrected chi connectivity index (χ3v) is 5.01. The van der Waals surface area contributed by atoms with Crippen molar-refractivity contribution in [3.05, 3.63) is 22.4 Å². The summed E-state index contributed by atoms with van der Waals surface area (Å²) in [5, 5.41) is 4.43. The summed E-state index contributed by atoms with van der Waals surface area (Å²) >= 11 is 1.79. The first-order valence-electron chi connectivity index (χ1n) is 7.37. The quantitative estimate of drug-likeness (QED) is 0.826. The van der Waals surface area contributed by atoms with Gasteiger partial charge < -0.3 is 5.73 Å². The van der Waals surface area contributed by atoms with E-state index in [0.717, 1.165) is 18.3 Å². The molecule has 1 heterocycles. The maximum atomic E-state index is 6.65. The molecule has 2 unspecified atom stereocenters. The lowest BCUT2D eigenvalue weighted by Gasteiger charge is -2.39. The second-order valence-corrected chi connectivity index (χ2v) is 7.37. The Balaban J connectivity index is 1.85. The highest BCUT2D eigenvalue weighted by Gasteiger charge is 2.32. The molecule has 1 nitrogen and oxygen atoms in total. The maximum Gasteiger partial charge on any atom is 0.0160 e. The van der Waals surface area contributed by atoms with Gasteiger partial charge in [0.15, 0.2) is 0 Å². The van der Waals surface area contributed by atoms with Crippen LogP contribution >= 0.6 is 11.3 Å². The number of rotatable bonds is 5. The van der Waals surface area contributed by atoms with E-state index in [1.54, 1.807) is 11.3 Å². The average molecular weight is 265 g/mol. The summed E-state index contributed by atoms with van der Waals surface area (Å²) in [6, 6.07) is 2.24. The van der Waals surface area contributed by atoms with Gasteiger partial charge in [-0.3, -0.25) is 0 Å². The summed E-state index contributed by atoms with van der Waals surface area (Å²) in [5.74, 6) is 1.68. The standard InChI is InChI=1S/C16H27NS/c1-13(2)10-15-4-3-7-16(17,11-15)8-5-14-6-9-18-12-14/h6,9,12-13,15H,3-5,7-8,10-11,17H2,1-2H3.